The van der Waals surface area contributed by atoms with Crippen LogP contribution in [0, 0.1) is 17.0 Å². The van der Waals surface area contributed by atoms with Crippen LogP contribution in [-0.2, 0) is 11.3 Å². The molecule has 0 saturated heterocycles. The molecule has 0 spiro atoms. The van der Waals surface area contributed by atoms with Gasteiger partial charge in [-0.25, -0.2) is 9.78 Å². The van der Waals surface area contributed by atoms with Gasteiger partial charge in [-0.15, -0.1) is 0 Å². The normalized spacial score (nSPS) is 10.4. The molecule has 7 nitrogen and oxygen atoms in total. The fraction of sp³-hybridized carbons (Fsp3) is 0.100. The Morgan fingerprint density at radius 3 is 2.55 bits per heavy atom. The topological polar surface area (TPSA) is 91.6 Å². The average Bonchev–Trinajstić information content (AvgIpc) is 2.73. The van der Waals surface area contributed by atoms with Gasteiger partial charge in [0.25, 0.3) is 5.69 Å². The van der Waals surface area contributed by atoms with Crippen molar-refractivity contribution in [1.29, 1.82) is 0 Å². The van der Waals surface area contributed by atoms with Crippen molar-refractivity contribution >= 4 is 33.4 Å². The number of aryl methyl sites for hydroxylation is 1. The van der Waals surface area contributed by atoms with Gasteiger partial charge in [0.1, 0.15) is 17.4 Å². The summed E-state index contributed by atoms with van der Waals surface area (Å²) < 4.78 is 10.1. The van der Waals surface area contributed by atoms with Gasteiger partial charge >= 0.3 is 6.16 Å². The highest BCUT2D eigenvalue weighted by atomic mass is 33.1. The number of ether oxygens (including phenoxy) is 2. The lowest BCUT2D eigenvalue weighted by Crippen LogP contribution is -2.10. The van der Waals surface area contributed by atoms with Gasteiger partial charge in [0.05, 0.1) is 4.92 Å². The number of carbonyl (C=O) groups is 1. The molecular weight excluding hydrogens is 412 g/mol. The minimum absolute atomic E-state index is 0.0605. The fourth-order valence-corrected chi connectivity index (χ4v) is 4.39. The summed E-state index contributed by atoms with van der Waals surface area (Å²) in [5, 5.41) is 11.6. The van der Waals surface area contributed by atoms with E-state index in [1.54, 1.807) is 27.8 Å². The first-order chi connectivity index (χ1) is 14.0. The van der Waals surface area contributed by atoms with Crippen LogP contribution in [0.15, 0.2) is 76.8 Å². The second kappa shape index (κ2) is 9.94. The molecule has 0 unspecified atom stereocenters. The molecule has 0 fully saturated rings. The van der Waals surface area contributed by atoms with Gasteiger partial charge < -0.3 is 9.47 Å². The monoisotopic (exact) mass is 428 g/mol. The molecule has 9 heteroatoms. The summed E-state index contributed by atoms with van der Waals surface area (Å²) in [5.74, 6) is 0.176. The van der Waals surface area contributed by atoms with Gasteiger partial charge in [0, 0.05) is 23.2 Å². The maximum atomic E-state index is 11.8. The quantitative estimate of drug-likeness (QED) is 0.153. The highest BCUT2D eigenvalue weighted by Gasteiger charge is 2.10. The number of carbonyl (C=O) groups excluding carboxylic acids is 1. The van der Waals surface area contributed by atoms with E-state index < -0.39 is 11.1 Å². The molecule has 0 radical (unpaired) electrons. The maximum absolute atomic E-state index is 11.8. The van der Waals surface area contributed by atoms with E-state index in [2.05, 4.69) is 4.98 Å². The third-order valence-corrected chi connectivity index (χ3v) is 6.13. The Labute approximate surface area is 175 Å². The molecule has 0 N–H and O–H groups in total. The number of nitrogens with zero attached hydrogens (tertiary/aromatic N) is 2. The molecule has 0 saturated carbocycles. The summed E-state index contributed by atoms with van der Waals surface area (Å²) >= 11 is 0. The molecule has 1 aromatic heterocycles. The first kappa shape index (κ1) is 20.7. The first-order valence-corrected chi connectivity index (χ1v) is 10.6. The summed E-state index contributed by atoms with van der Waals surface area (Å²) in [6.07, 6.45) is 0.882. The molecule has 1 heterocycles. The Morgan fingerprint density at radius 1 is 1.10 bits per heavy atom. The smallest absolute Gasteiger partial charge is 0.429 e. The van der Waals surface area contributed by atoms with Crippen molar-refractivity contribution in [2.75, 3.05) is 0 Å². The lowest BCUT2D eigenvalue weighted by Gasteiger charge is -2.09. The Morgan fingerprint density at radius 2 is 1.90 bits per heavy atom. The van der Waals surface area contributed by atoms with E-state index in [1.807, 2.05) is 43.3 Å². The number of nitro groups is 1. The zero-order valence-corrected chi connectivity index (χ0v) is 16.9. The van der Waals surface area contributed by atoms with Gasteiger partial charge in [-0.1, -0.05) is 29.0 Å². The Balaban J connectivity index is 1.50. The minimum atomic E-state index is -0.874. The molecular formula is C20H16N2O5S2. The van der Waals surface area contributed by atoms with Crippen LogP contribution in [0.3, 0.4) is 0 Å². The predicted octanol–water partition coefficient (Wildman–Crippen LogP) is 5.81. The van der Waals surface area contributed by atoms with Crippen molar-refractivity contribution in [3.8, 4) is 5.75 Å². The van der Waals surface area contributed by atoms with Gasteiger partial charge in [-0.05, 0) is 59.2 Å². The van der Waals surface area contributed by atoms with Gasteiger partial charge in [0.15, 0.2) is 0 Å². The number of hydrogen-bond acceptors (Lipinski definition) is 8. The zero-order valence-electron chi connectivity index (χ0n) is 15.3. The lowest BCUT2D eigenvalue weighted by atomic mass is 10.1. The van der Waals surface area contributed by atoms with E-state index in [1.165, 1.54) is 24.3 Å². The second-order valence-corrected chi connectivity index (χ2v) is 8.02. The van der Waals surface area contributed by atoms with E-state index in [0.717, 1.165) is 21.0 Å². The SMILES string of the molecule is Cc1cc(COC(=O)Oc2ccc([N+](=O)[O-])cc2)ccc1SSc1ccccn1. The predicted molar refractivity (Wildman–Crippen MR) is 111 cm³/mol. The average molecular weight is 428 g/mol. The minimum Gasteiger partial charge on any atom is -0.429 e. The highest BCUT2D eigenvalue weighted by molar-refractivity contribution is 8.76. The number of benzene rings is 2. The van der Waals surface area contributed by atoms with Crippen LogP contribution < -0.4 is 4.74 Å². The Kier molecular flexibility index (Phi) is 7.09. The number of nitro benzene ring substituents is 1. The number of rotatable bonds is 7. The fourth-order valence-electron chi connectivity index (χ4n) is 2.28. The Hall–Kier alpha value is -3.04. The van der Waals surface area contributed by atoms with Crippen LogP contribution in [0.25, 0.3) is 0 Å². The third-order valence-electron chi connectivity index (χ3n) is 3.70. The van der Waals surface area contributed by atoms with Crippen molar-refractivity contribution in [1.82, 2.24) is 4.98 Å². The van der Waals surface area contributed by atoms with Crippen molar-refractivity contribution in [2.24, 2.45) is 0 Å². The van der Waals surface area contributed by atoms with E-state index in [-0.39, 0.29) is 18.0 Å². The number of non-ortho nitro benzene ring substituents is 1. The van der Waals surface area contributed by atoms with E-state index >= 15 is 0 Å². The lowest BCUT2D eigenvalue weighted by molar-refractivity contribution is -0.384. The standard InChI is InChI=1S/C20H16N2O5S2/c1-14-12-15(5-10-18(14)28-29-19-4-2-3-11-21-19)13-26-20(23)27-17-8-6-16(7-9-17)22(24)25/h2-12H,13H2,1H3. The summed E-state index contributed by atoms with van der Waals surface area (Å²) in [6.45, 7) is 2.05. The van der Waals surface area contributed by atoms with Crippen molar-refractivity contribution in [2.45, 2.75) is 23.5 Å². The molecule has 0 aliphatic heterocycles. The molecule has 0 amide bonds. The highest BCUT2D eigenvalue weighted by Crippen LogP contribution is 2.38. The Bertz CT molecular complexity index is 998. The van der Waals surface area contributed by atoms with Crippen LogP contribution >= 0.6 is 21.6 Å². The zero-order chi connectivity index (χ0) is 20.6. The van der Waals surface area contributed by atoms with Gasteiger partial charge in [-0.2, -0.15) is 0 Å². The molecule has 0 aliphatic carbocycles. The van der Waals surface area contributed by atoms with Crippen molar-refractivity contribution in [3.05, 3.63) is 88.1 Å². The molecule has 3 rings (SSSR count). The molecule has 2 aromatic carbocycles. The molecule has 0 atom stereocenters. The number of hydrogen-bond donors (Lipinski definition) is 0. The first-order valence-electron chi connectivity index (χ1n) is 8.45. The summed E-state index contributed by atoms with van der Waals surface area (Å²) in [6, 6.07) is 16.8. The molecule has 0 aliphatic rings. The van der Waals surface area contributed by atoms with Crippen LogP contribution in [0.5, 0.6) is 5.75 Å². The van der Waals surface area contributed by atoms with Crippen LogP contribution in [0.4, 0.5) is 10.5 Å². The maximum Gasteiger partial charge on any atom is 0.514 e. The summed E-state index contributed by atoms with van der Waals surface area (Å²) in [7, 11) is 3.19. The van der Waals surface area contributed by atoms with E-state index in [4.69, 9.17) is 9.47 Å². The van der Waals surface area contributed by atoms with Crippen molar-refractivity contribution < 1.29 is 19.2 Å². The molecule has 29 heavy (non-hydrogen) atoms. The van der Waals surface area contributed by atoms with E-state index in [9.17, 15) is 14.9 Å². The third kappa shape index (κ3) is 6.23. The number of aromatic nitrogens is 1. The molecule has 148 valence electrons. The molecule has 3 aromatic rings. The second-order valence-electron chi connectivity index (χ2n) is 5.83. The van der Waals surface area contributed by atoms with Crippen LogP contribution in [0.2, 0.25) is 0 Å². The van der Waals surface area contributed by atoms with Gasteiger partial charge in [-0.3, -0.25) is 10.1 Å². The molecule has 0 bridgehead atoms. The van der Waals surface area contributed by atoms with Crippen LogP contribution in [-0.4, -0.2) is 16.1 Å². The van der Waals surface area contributed by atoms with Crippen LogP contribution in [0.1, 0.15) is 11.1 Å². The van der Waals surface area contributed by atoms with Gasteiger partial charge in [0.2, 0.25) is 0 Å². The van der Waals surface area contributed by atoms with Crippen molar-refractivity contribution in [3.63, 3.8) is 0 Å². The van der Waals surface area contributed by atoms with E-state index in [0.29, 0.717) is 0 Å². The number of pyridine rings is 1. The largest absolute Gasteiger partial charge is 0.514 e. The summed E-state index contributed by atoms with van der Waals surface area (Å²) in [5.41, 5.74) is 1.80. The summed E-state index contributed by atoms with van der Waals surface area (Å²) in [4.78, 5) is 27.3.